The largest absolute Gasteiger partial charge is 0.295 e. The third kappa shape index (κ3) is 9.08. The third-order valence-electron chi connectivity index (χ3n) is 7.64. The number of rotatable bonds is 10. The second-order valence-corrected chi connectivity index (χ2v) is 12.3. The quantitative estimate of drug-likeness (QED) is 0.201. The molecule has 2 aliphatic carbocycles. The van der Waals surface area contributed by atoms with Gasteiger partial charge in [0.1, 0.15) is 0 Å². The molecule has 0 bridgehead atoms. The van der Waals surface area contributed by atoms with Gasteiger partial charge in [0.25, 0.3) is 0 Å². The standard InChI is InChI=1S/C38H46O3/c1-26(17-13-19-28(3)21-23-32-30(5)34(39)25-37(32,7)8)15-11-12-16-27(2)18-14-20-29(4)22-24-33-31(6)35(40)36(41)38(33,9)10/h11-24H,25H2,1-10H3/b12-11+,17-13+,18-14+,23-21+,24-22+,26-15+,27-16+,28-19+,29-20+. The monoisotopic (exact) mass is 550 g/mol. The van der Waals surface area contributed by atoms with Crippen LogP contribution in [0.25, 0.3) is 0 Å². The molecule has 3 heteroatoms. The highest BCUT2D eigenvalue weighted by Crippen LogP contribution is 2.41. The van der Waals surface area contributed by atoms with Gasteiger partial charge in [0.05, 0.1) is 5.41 Å². The lowest BCUT2D eigenvalue weighted by Crippen LogP contribution is -2.24. The van der Waals surface area contributed by atoms with E-state index in [0.29, 0.717) is 12.0 Å². The second kappa shape index (κ2) is 14.2. The van der Waals surface area contributed by atoms with E-state index in [1.165, 1.54) is 0 Å². The zero-order chi connectivity index (χ0) is 31.0. The van der Waals surface area contributed by atoms with E-state index in [2.05, 4.69) is 64.2 Å². The third-order valence-corrected chi connectivity index (χ3v) is 7.64. The minimum atomic E-state index is -0.762. The van der Waals surface area contributed by atoms with Crippen molar-refractivity contribution in [2.24, 2.45) is 10.8 Å². The molecule has 0 unspecified atom stereocenters. The first-order valence-corrected chi connectivity index (χ1v) is 14.2. The van der Waals surface area contributed by atoms with Crippen LogP contribution in [0.2, 0.25) is 0 Å². The first kappa shape index (κ1) is 33.4. The minimum Gasteiger partial charge on any atom is -0.295 e. The van der Waals surface area contributed by atoms with E-state index in [4.69, 9.17) is 0 Å². The van der Waals surface area contributed by atoms with Crippen molar-refractivity contribution in [3.63, 3.8) is 0 Å². The summed E-state index contributed by atoms with van der Waals surface area (Å²) >= 11 is 0. The molecule has 0 aromatic rings. The maximum Gasteiger partial charge on any atom is 0.225 e. The molecule has 2 rings (SSSR count). The number of Topliss-reactive ketones (excluding diaryl/α,β-unsaturated/α-hetero) is 3. The Labute approximate surface area is 247 Å². The average molecular weight is 551 g/mol. The fourth-order valence-electron chi connectivity index (χ4n) is 4.91. The van der Waals surface area contributed by atoms with Crippen LogP contribution in [-0.2, 0) is 14.4 Å². The molecule has 0 heterocycles. The smallest absolute Gasteiger partial charge is 0.225 e. The molecular weight excluding hydrogens is 504 g/mol. The Morgan fingerprint density at radius 1 is 0.585 bits per heavy atom. The van der Waals surface area contributed by atoms with Crippen molar-refractivity contribution in [1.82, 2.24) is 0 Å². The molecule has 216 valence electrons. The van der Waals surface area contributed by atoms with Crippen molar-refractivity contribution in [1.29, 1.82) is 0 Å². The highest BCUT2D eigenvalue weighted by molar-refractivity contribution is 6.48. The fraction of sp³-hybridized carbons (Fsp3) is 0.342. The average Bonchev–Trinajstić information content (AvgIpc) is 3.17. The summed E-state index contributed by atoms with van der Waals surface area (Å²) < 4.78 is 0. The lowest BCUT2D eigenvalue weighted by molar-refractivity contribution is -0.137. The summed E-state index contributed by atoms with van der Waals surface area (Å²) in [5.74, 6) is -0.463. The Kier molecular flexibility index (Phi) is 11.5. The number of carbonyl (C=O) groups excluding carboxylic acids is 3. The number of ketones is 3. The van der Waals surface area contributed by atoms with Gasteiger partial charge in [-0.3, -0.25) is 14.4 Å². The van der Waals surface area contributed by atoms with E-state index >= 15 is 0 Å². The van der Waals surface area contributed by atoms with Crippen LogP contribution in [0.15, 0.2) is 130 Å². The Bertz CT molecular complexity index is 1430. The predicted octanol–water partition coefficient (Wildman–Crippen LogP) is 9.36. The normalized spacial score (nSPS) is 21.3. The summed E-state index contributed by atoms with van der Waals surface area (Å²) in [6, 6.07) is 0. The van der Waals surface area contributed by atoms with Crippen LogP contribution in [0.4, 0.5) is 0 Å². The molecule has 0 aliphatic heterocycles. The number of carbonyl (C=O) groups is 3. The molecule has 41 heavy (non-hydrogen) atoms. The van der Waals surface area contributed by atoms with Crippen molar-refractivity contribution in [2.45, 2.75) is 75.7 Å². The predicted molar refractivity (Wildman–Crippen MR) is 173 cm³/mol. The lowest BCUT2D eigenvalue weighted by Gasteiger charge is -2.19. The molecule has 0 saturated carbocycles. The van der Waals surface area contributed by atoms with Gasteiger partial charge >= 0.3 is 0 Å². The van der Waals surface area contributed by atoms with Crippen molar-refractivity contribution in [3.05, 3.63) is 130 Å². The van der Waals surface area contributed by atoms with Gasteiger partial charge < -0.3 is 0 Å². The summed E-state index contributed by atoms with van der Waals surface area (Å²) in [5, 5.41) is 0. The Hall–Kier alpha value is -3.85. The highest BCUT2D eigenvalue weighted by Gasteiger charge is 2.43. The summed E-state index contributed by atoms with van der Waals surface area (Å²) in [4.78, 5) is 36.2. The van der Waals surface area contributed by atoms with Gasteiger partial charge in [0.15, 0.2) is 5.78 Å². The molecule has 0 spiro atoms. The molecule has 0 radical (unpaired) electrons. The van der Waals surface area contributed by atoms with Crippen LogP contribution < -0.4 is 0 Å². The van der Waals surface area contributed by atoms with Gasteiger partial charge in [0, 0.05) is 12.0 Å². The van der Waals surface area contributed by atoms with E-state index < -0.39 is 5.41 Å². The van der Waals surface area contributed by atoms with Crippen molar-refractivity contribution in [3.8, 4) is 0 Å². The molecule has 2 aliphatic rings. The second-order valence-electron chi connectivity index (χ2n) is 12.3. The highest BCUT2D eigenvalue weighted by atomic mass is 16.2. The van der Waals surface area contributed by atoms with Gasteiger partial charge in [-0.2, -0.15) is 0 Å². The Morgan fingerprint density at radius 3 is 1.39 bits per heavy atom. The van der Waals surface area contributed by atoms with Crippen LogP contribution in [0.3, 0.4) is 0 Å². The van der Waals surface area contributed by atoms with Gasteiger partial charge in [0.2, 0.25) is 11.6 Å². The van der Waals surface area contributed by atoms with E-state index in [1.807, 2.05) is 69.4 Å². The molecule has 0 amide bonds. The number of allylic oxidation sites excluding steroid dienone is 22. The van der Waals surface area contributed by atoms with Gasteiger partial charge in [-0.15, -0.1) is 0 Å². The van der Waals surface area contributed by atoms with Crippen LogP contribution in [-0.4, -0.2) is 17.3 Å². The summed E-state index contributed by atoms with van der Waals surface area (Å²) in [6.07, 6.45) is 29.0. The zero-order valence-electron chi connectivity index (χ0n) is 26.5. The maximum absolute atomic E-state index is 12.2. The van der Waals surface area contributed by atoms with Crippen molar-refractivity contribution < 1.29 is 14.4 Å². The van der Waals surface area contributed by atoms with Crippen LogP contribution >= 0.6 is 0 Å². The summed E-state index contributed by atoms with van der Waals surface area (Å²) in [6.45, 7) is 19.7. The van der Waals surface area contributed by atoms with E-state index in [9.17, 15) is 14.4 Å². The van der Waals surface area contributed by atoms with Crippen LogP contribution in [0.5, 0.6) is 0 Å². The van der Waals surface area contributed by atoms with E-state index in [-0.39, 0.29) is 22.8 Å². The fourth-order valence-corrected chi connectivity index (χ4v) is 4.91. The lowest BCUT2D eigenvalue weighted by atomic mass is 9.84. The SMILES string of the molecule is CC1=C(/C=C/C(C)=C/C=C/C(C)=C/C=C/C=C(C)/C=C/C=C(C)/C=C/C2=C(C)C(=O)C(=O)C2(C)C)C(C)(C)CC1=O. The van der Waals surface area contributed by atoms with Crippen molar-refractivity contribution >= 4 is 17.3 Å². The number of hydrogen-bond acceptors (Lipinski definition) is 3. The van der Waals surface area contributed by atoms with Gasteiger partial charge in [-0.05, 0) is 77.5 Å². The minimum absolute atomic E-state index is 0.0913. The maximum atomic E-state index is 12.2. The topological polar surface area (TPSA) is 51.2 Å². The van der Waals surface area contributed by atoms with Gasteiger partial charge in [-0.1, -0.05) is 121 Å². The van der Waals surface area contributed by atoms with Gasteiger partial charge in [-0.25, -0.2) is 0 Å². The molecule has 0 aromatic heterocycles. The molecule has 0 fully saturated rings. The van der Waals surface area contributed by atoms with Crippen LogP contribution in [0.1, 0.15) is 75.7 Å². The molecule has 0 atom stereocenters. The van der Waals surface area contributed by atoms with Crippen LogP contribution in [0, 0.1) is 10.8 Å². The number of hydrogen-bond donors (Lipinski definition) is 0. The molecular formula is C38H46O3. The molecule has 0 N–H and O–H groups in total. The van der Waals surface area contributed by atoms with E-state index in [1.54, 1.807) is 20.8 Å². The summed E-state index contributed by atoms with van der Waals surface area (Å²) in [7, 11) is 0. The van der Waals surface area contributed by atoms with E-state index in [0.717, 1.165) is 39.0 Å². The Balaban J connectivity index is 1.92. The first-order valence-electron chi connectivity index (χ1n) is 14.2. The first-order chi connectivity index (χ1) is 19.1. The molecule has 3 nitrogen and oxygen atoms in total. The molecule has 0 saturated heterocycles. The molecule has 0 aromatic carbocycles. The Morgan fingerprint density at radius 2 is 1.00 bits per heavy atom. The van der Waals surface area contributed by atoms with Crippen molar-refractivity contribution in [2.75, 3.05) is 0 Å². The zero-order valence-corrected chi connectivity index (χ0v) is 26.5. The summed E-state index contributed by atoms with van der Waals surface area (Å²) in [5.41, 5.74) is 6.92.